The van der Waals surface area contributed by atoms with Crippen LogP contribution in [-0.2, 0) is 6.42 Å². The molecule has 0 saturated carbocycles. The first-order valence-corrected chi connectivity index (χ1v) is 5.02. The van der Waals surface area contributed by atoms with Crippen LogP contribution in [0, 0.1) is 6.92 Å². The Hall–Kier alpha value is -2.04. The number of para-hydroxylation sites is 2. The molecular formula is C11H13N3O2. The third-order valence-corrected chi connectivity index (χ3v) is 2.06. The van der Waals surface area contributed by atoms with Gasteiger partial charge >= 0.3 is 0 Å². The standard InChI is InChI=1S/C11H13N3O2/c1-8-13-14-11(16-8)6-7-15-10-5-3-2-4-9(10)12/h2-5H,6-7,12H2,1H3. The van der Waals surface area contributed by atoms with Crippen molar-refractivity contribution in [2.75, 3.05) is 12.3 Å². The molecule has 16 heavy (non-hydrogen) atoms. The Kier molecular flexibility index (Phi) is 3.05. The van der Waals surface area contributed by atoms with Crippen LogP contribution in [0.1, 0.15) is 11.8 Å². The number of ether oxygens (including phenoxy) is 1. The third kappa shape index (κ3) is 2.50. The Labute approximate surface area is 93.2 Å². The second-order valence-electron chi connectivity index (χ2n) is 3.35. The van der Waals surface area contributed by atoms with Gasteiger partial charge < -0.3 is 14.9 Å². The number of anilines is 1. The molecule has 0 fully saturated rings. The highest BCUT2D eigenvalue weighted by molar-refractivity contribution is 5.51. The quantitative estimate of drug-likeness (QED) is 0.790. The van der Waals surface area contributed by atoms with Crippen LogP contribution in [0.3, 0.4) is 0 Å². The normalized spacial score (nSPS) is 10.3. The molecule has 0 saturated heterocycles. The van der Waals surface area contributed by atoms with E-state index in [2.05, 4.69) is 10.2 Å². The van der Waals surface area contributed by atoms with Crippen molar-refractivity contribution >= 4 is 5.69 Å². The minimum Gasteiger partial charge on any atom is -0.491 e. The number of rotatable bonds is 4. The van der Waals surface area contributed by atoms with Crippen LogP contribution in [0.15, 0.2) is 28.7 Å². The van der Waals surface area contributed by atoms with Gasteiger partial charge in [0.15, 0.2) is 0 Å². The summed E-state index contributed by atoms with van der Waals surface area (Å²) in [5.74, 6) is 1.82. The molecule has 0 amide bonds. The fraction of sp³-hybridized carbons (Fsp3) is 0.273. The van der Waals surface area contributed by atoms with Gasteiger partial charge in [0.1, 0.15) is 5.75 Å². The maximum absolute atomic E-state index is 5.73. The number of benzene rings is 1. The molecule has 0 radical (unpaired) electrons. The third-order valence-electron chi connectivity index (χ3n) is 2.06. The fourth-order valence-electron chi connectivity index (χ4n) is 1.30. The second kappa shape index (κ2) is 4.65. The molecule has 1 heterocycles. The van der Waals surface area contributed by atoms with Gasteiger partial charge in [0.25, 0.3) is 0 Å². The minimum absolute atomic E-state index is 0.468. The van der Waals surface area contributed by atoms with Gasteiger partial charge in [-0.1, -0.05) is 12.1 Å². The zero-order valence-electron chi connectivity index (χ0n) is 9.01. The molecule has 0 aliphatic rings. The summed E-state index contributed by atoms with van der Waals surface area (Å²) in [4.78, 5) is 0. The first-order chi connectivity index (χ1) is 7.75. The molecule has 0 bridgehead atoms. The summed E-state index contributed by atoms with van der Waals surface area (Å²) in [7, 11) is 0. The van der Waals surface area contributed by atoms with Crippen molar-refractivity contribution in [3.8, 4) is 5.75 Å². The number of aryl methyl sites for hydroxylation is 1. The molecule has 5 heteroatoms. The van der Waals surface area contributed by atoms with E-state index in [0.29, 0.717) is 36.2 Å². The Morgan fingerprint density at radius 3 is 2.81 bits per heavy atom. The molecule has 0 unspecified atom stereocenters. The number of nitrogens with two attached hydrogens (primary N) is 1. The highest BCUT2D eigenvalue weighted by atomic mass is 16.5. The zero-order chi connectivity index (χ0) is 11.4. The van der Waals surface area contributed by atoms with Crippen molar-refractivity contribution in [2.45, 2.75) is 13.3 Å². The van der Waals surface area contributed by atoms with E-state index in [4.69, 9.17) is 14.9 Å². The summed E-state index contributed by atoms with van der Waals surface area (Å²) in [6, 6.07) is 7.37. The van der Waals surface area contributed by atoms with Crippen molar-refractivity contribution in [3.05, 3.63) is 36.0 Å². The van der Waals surface area contributed by atoms with Crippen LogP contribution in [0.2, 0.25) is 0 Å². The molecule has 0 aliphatic carbocycles. The van der Waals surface area contributed by atoms with E-state index in [1.807, 2.05) is 18.2 Å². The van der Waals surface area contributed by atoms with Crippen LogP contribution in [0.4, 0.5) is 5.69 Å². The topological polar surface area (TPSA) is 74.2 Å². The van der Waals surface area contributed by atoms with Gasteiger partial charge in [-0.2, -0.15) is 0 Å². The average Bonchev–Trinajstić information content (AvgIpc) is 2.67. The number of nitrogen functional groups attached to an aromatic ring is 1. The van der Waals surface area contributed by atoms with E-state index in [9.17, 15) is 0 Å². The van der Waals surface area contributed by atoms with Crippen molar-refractivity contribution in [3.63, 3.8) is 0 Å². The molecule has 0 spiro atoms. The van der Waals surface area contributed by atoms with Crippen LogP contribution in [0.5, 0.6) is 5.75 Å². The van der Waals surface area contributed by atoms with Gasteiger partial charge in [0.2, 0.25) is 11.8 Å². The SMILES string of the molecule is Cc1nnc(CCOc2ccccc2N)o1. The Bertz CT molecular complexity index is 468. The van der Waals surface area contributed by atoms with Crippen molar-refractivity contribution in [1.29, 1.82) is 0 Å². The second-order valence-corrected chi connectivity index (χ2v) is 3.35. The van der Waals surface area contributed by atoms with Crippen LogP contribution in [0.25, 0.3) is 0 Å². The Morgan fingerprint density at radius 1 is 1.31 bits per heavy atom. The fourth-order valence-corrected chi connectivity index (χ4v) is 1.30. The predicted octanol–water partition coefficient (Wildman–Crippen LogP) is 1.58. The molecule has 0 atom stereocenters. The van der Waals surface area contributed by atoms with Gasteiger partial charge in [-0.05, 0) is 12.1 Å². The predicted molar refractivity (Wildman–Crippen MR) is 59.1 cm³/mol. The summed E-state index contributed by atoms with van der Waals surface area (Å²) < 4.78 is 10.7. The first-order valence-electron chi connectivity index (χ1n) is 5.02. The lowest BCUT2D eigenvalue weighted by Gasteiger charge is -2.06. The maximum Gasteiger partial charge on any atom is 0.219 e. The van der Waals surface area contributed by atoms with Gasteiger partial charge in [-0.3, -0.25) is 0 Å². The molecule has 2 rings (SSSR count). The number of nitrogens with zero attached hydrogens (tertiary/aromatic N) is 2. The monoisotopic (exact) mass is 219 g/mol. The highest BCUT2D eigenvalue weighted by Crippen LogP contribution is 2.19. The van der Waals surface area contributed by atoms with Crippen molar-refractivity contribution < 1.29 is 9.15 Å². The number of hydrogen-bond donors (Lipinski definition) is 1. The molecular weight excluding hydrogens is 206 g/mol. The van der Waals surface area contributed by atoms with Crippen LogP contribution >= 0.6 is 0 Å². The summed E-state index contributed by atoms with van der Waals surface area (Å²) in [6.07, 6.45) is 0.579. The average molecular weight is 219 g/mol. The molecule has 1 aromatic heterocycles. The van der Waals surface area contributed by atoms with Crippen LogP contribution < -0.4 is 10.5 Å². The maximum atomic E-state index is 5.73. The number of hydrogen-bond acceptors (Lipinski definition) is 5. The smallest absolute Gasteiger partial charge is 0.219 e. The van der Waals surface area contributed by atoms with Gasteiger partial charge in [-0.15, -0.1) is 10.2 Å². The first kappa shape index (κ1) is 10.5. The Balaban J connectivity index is 1.87. The lowest BCUT2D eigenvalue weighted by atomic mass is 10.3. The van der Waals surface area contributed by atoms with E-state index >= 15 is 0 Å². The molecule has 2 aromatic rings. The van der Waals surface area contributed by atoms with Gasteiger partial charge in [0, 0.05) is 6.92 Å². The molecule has 84 valence electrons. The Morgan fingerprint density at radius 2 is 2.12 bits per heavy atom. The molecule has 2 N–H and O–H groups in total. The number of aromatic nitrogens is 2. The van der Waals surface area contributed by atoms with Crippen molar-refractivity contribution in [1.82, 2.24) is 10.2 Å². The molecule has 0 aliphatic heterocycles. The van der Waals surface area contributed by atoms with E-state index in [0.717, 1.165) is 0 Å². The summed E-state index contributed by atoms with van der Waals surface area (Å²) >= 11 is 0. The van der Waals surface area contributed by atoms with Crippen LogP contribution in [-0.4, -0.2) is 16.8 Å². The minimum atomic E-state index is 0.468. The summed E-state index contributed by atoms with van der Waals surface area (Å²) in [5.41, 5.74) is 6.36. The molecule has 1 aromatic carbocycles. The van der Waals surface area contributed by atoms with E-state index in [-0.39, 0.29) is 0 Å². The van der Waals surface area contributed by atoms with E-state index < -0.39 is 0 Å². The zero-order valence-corrected chi connectivity index (χ0v) is 9.01. The van der Waals surface area contributed by atoms with E-state index in [1.54, 1.807) is 13.0 Å². The van der Waals surface area contributed by atoms with Gasteiger partial charge in [0.05, 0.1) is 18.7 Å². The lowest BCUT2D eigenvalue weighted by molar-refractivity contribution is 0.306. The highest BCUT2D eigenvalue weighted by Gasteiger charge is 2.03. The molecule has 5 nitrogen and oxygen atoms in total. The van der Waals surface area contributed by atoms with E-state index in [1.165, 1.54) is 0 Å². The summed E-state index contributed by atoms with van der Waals surface area (Å²) in [5, 5.41) is 7.60. The van der Waals surface area contributed by atoms with Crippen molar-refractivity contribution in [2.24, 2.45) is 0 Å². The van der Waals surface area contributed by atoms with Gasteiger partial charge in [-0.25, -0.2) is 0 Å². The largest absolute Gasteiger partial charge is 0.491 e. The lowest BCUT2D eigenvalue weighted by Crippen LogP contribution is -2.03. The summed E-state index contributed by atoms with van der Waals surface area (Å²) in [6.45, 7) is 2.22.